The molecule has 1 unspecified atom stereocenters. The van der Waals surface area contributed by atoms with E-state index in [0.29, 0.717) is 6.04 Å². The van der Waals surface area contributed by atoms with E-state index in [1.165, 1.54) is 25.8 Å². The van der Waals surface area contributed by atoms with Gasteiger partial charge in [0.05, 0.1) is 6.61 Å². The standard InChI is InChI=1S/C15H32N2O/c1-5-11-18-12-10-17-9-7-6-8-14(17)13-16-15(2,3)4/h14,16H,5-13H2,1-4H3. The summed E-state index contributed by atoms with van der Waals surface area (Å²) in [5, 5.41) is 3.64. The zero-order valence-electron chi connectivity index (χ0n) is 12.8. The van der Waals surface area contributed by atoms with Crippen molar-refractivity contribution in [1.29, 1.82) is 0 Å². The van der Waals surface area contributed by atoms with Crippen molar-refractivity contribution in [3.05, 3.63) is 0 Å². The predicted molar refractivity (Wildman–Crippen MR) is 78.1 cm³/mol. The molecule has 0 aromatic heterocycles. The van der Waals surface area contributed by atoms with Crippen molar-refractivity contribution in [1.82, 2.24) is 10.2 Å². The van der Waals surface area contributed by atoms with Gasteiger partial charge in [0.1, 0.15) is 0 Å². The Kier molecular flexibility index (Phi) is 7.20. The second kappa shape index (κ2) is 8.13. The Hall–Kier alpha value is -0.120. The molecule has 0 aromatic rings. The smallest absolute Gasteiger partial charge is 0.0593 e. The molecular formula is C15H32N2O. The van der Waals surface area contributed by atoms with Gasteiger partial charge in [-0.25, -0.2) is 0 Å². The lowest BCUT2D eigenvalue weighted by molar-refractivity contribution is 0.0697. The van der Waals surface area contributed by atoms with E-state index in [4.69, 9.17) is 4.74 Å². The first-order chi connectivity index (χ1) is 8.53. The number of ether oxygens (including phenoxy) is 1. The minimum Gasteiger partial charge on any atom is -0.380 e. The highest BCUT2D eigenvalue weighted by Gasteiger charge is 2.23. The average Bonchev–Trinajstić information content (AvgIpc) is 2.32. The topological polar surface area (TPSA) is 24.5 Å². The molecule has 1 atom stereocenters. The van der Waals surface area contributed by atoms with Gasteiger partial charge in [-0.2, -0.15) is 0 Å². The summed E-state index contributed by atoms with van der Waals surface area (Å²) < 4.78 is 5.62. The van der Waals surface area contributed by atoms with Crippen molar-refractivity contribution in [2.24, 2.45) is 0 Å². The highest BCUT2D eigenvalue weighted by Crippen LogP contribution is 2.16. The second-order valence-corrected chi connectivity index (χ2v) is 6.43. The van der Waals surface area contributed by atoms with Gasteiger partial charge in [0.15, 0.2) is 0 Å². The van der Waals surface area contributed by atoms with Crippen molar-refractivity contribution in [2.75, 3.05) is 32.8 Å². The molecule has 1 heterocycles. The van der Waals surface area contributed by atoms with Crippen LogP contribution in [0.5, 0.6) is 0 Å². The van der Waals surface area contributed by atoms with Gasteiger partial charge in [0, 0.05) is 31.3 Å². The second-order valence-electron chi connectivity index (χ2n) is 6.43. The summed E-state index contributed by atoms with van der Waals surface area (Å²) in [6.07, 6.45) is 5.18. The Balaban J connectivity index is 2.28. The maximum absolute atomic E-state index is 5.62. The summed E-state index contributed by atoms with van der Waals surface area (Å²) in [6.45, 7) is 14.1. The molecule has 0 aromatic carbocycles. The van der Waals surface area contributed by atoms with Gasteiger partial charge < -0.3 is 10.1 Å². The molecule has 18 heavy (non-hydrogen) atoms. The highest BCUT2D eigenvalue weighted by atomic mass is 16.5. The van der Waals surface area contributed by atoms with E-state index in [1.54, 1.807) is 0 Å². The monoisotopic (exact) mass is 256 g/mol. The zero-order chi connectivity index (χ0) is 13.4. The average molecular weight is 256 g/mol. The van der Waals surface area contributed by atoms with Crippen molar-refractivity contribution in [2.45, 2.75) is 65.0 Å². The molecule has 0 spiro atoms. The number of piperidine rings is 1. The third kappa shape index (κ3) is 6.72. The Morgan fingerprint density at radius 2 is 2.00 bits per heavy atom. The molecule has 108 valence electrons. The summed E-state index contributed by atoms with van der Waals surface area (Å²) >= 11 is 0. The van der Waals surface area contributed by atoms with Crippen LogP contribution in [0.2, 0.25) is 0 Å². The Morgan fingerprint density at radius 1 is 1.22 bits per heavy atom. The van der Waals surface area contributed by atoms with E-state index in [1.807, 2.05) is 0 Å². The largest absolute Gasteiger partial charge is 0.380 e. The van der Waals surface area contributed by atoms with Crippen LogP contribution < -0.4 is 5.32 Å². The summed E-state index contributed by atoms with van der Waals surface area (Å²) in [4.78, 5) is 2.61. The molecule has 3 heteroatoms. The Bertz CT molecular complexity index is 213. The van der Waals surface area contributed by atoms with Crippen molar-refractivity contribution >= 4 is 0 Å². The first-order valence-corrected chi connectivity index (χ1v) is 7.60. The summed E-state index contributed by atoms with van der Waals surface area (Å²) in [6, 6.07) is 0.697. The molecule has 1 rings (SSSR count). The van der Waals surface area contributed by atoms with E-state index in [9.17, 15) is 0 Å². The number of hydrogen-bond acceptors (Lipinski definition) is 3. The van der Waals surface area contributed by atoms with E-state index < -0.39 is 0 Å². The van der Waals surface area contributed by atoms with Crippen LogP contribution in [0.4, 0.5) is 0 Å². The van der Waals surface area contributed by atoms with Gasteiger partial charge in [-0.1, -0.05) is 13.3 Å². The number of nitrogens with zero attached hydrogens (tertiary/aromatic N) is 1. The molecular weight excluding hydrogens is 224 g/mol. The Labute approximate surface area is 113 Å². The van der Waals surface area contributed by atoms with Crippen LogP contribution in [-0.4, -0.2) is 49.3 Å². The van der Waals surface area contributed by atoms with E-state index >= 15 is 0 Å². The molecule has 0 bridgehead atoms. The molecule has 1 aliphatic heterocycles. The molecule has 0 aliphatic carbocycles. The quantitative estimate of drug-likeness (QED) is 0.709. The first-order valence-electron chi connectivity index (χ1n) is 7.60. The van der Waals surface area contributed by atoms with Gasteiger partial charge in [0.2, 0.25) is 0 Å². The van der Waals surface area contributed by atoms with Crippen molar-refractivity contribution in [3.8, 4) is 0 Å². The lowest BCUT2D eigenvalue weighted by atomic mass is 10.0. The van der Waals surface area contributed by atoms with Gasteiger partial charge >= 0.3 is 0 Å². The minimum absolute atomic E-state index is 0.224. The van der Waals surface area contributed by atoms with Crippen LogP contribution in [0.3, 0.4) is 0 Å². The molecule has 1 aliphatic rings. The van der Waals surface area contributed by atoms with Gasteiger partial charge in [0.25, 0.3) is 0 Å². The van der Waals surface area contributed by atoms with Crippen molar-refractivity contribution < 1.29 is 4.74 Å². The first kappa shape index (κ1) is 15.9. The number of rotatable bonds is 7. The van der Waals surface area contributed by atoms with Gasteiger partial charge in [-0.05, 0) is 46.6 Å². The fourth-order valence-corrected chi connectivity index (χ4v) is 2.44. The van der Waals surface area contributed by atoms with Crippen LogP contribution in [0, 0.1) is 0 Å². The maximum Gasteiger partial charge on any atom is 0.0593 e. The molecule has 1 fully saturated rings. The third-order valence-electron chi connectivity index (χ3n) is 3.49. The summed E-state index contributed by atoms with van der Waals surface area (Å²) in [5.74, 6) is 0. The predicted octanol–water partition coefficient (Wildman–Crippen LogP) is 2.66. The molecule has 0 amide bonds. The van der Waals surface area contributed by atoms with Crippen LogP contribution in [-0.2, 0) is 4.74 Å². The molecule has 0 radical (unpaired) electrons. The minimum atomic E-state index is 0.224. The molecule has 3 nitrogen and oxygen atoms in total. The van der Waals surface area contributed by atoms with Gasteiger partial charge in [-0.15, -0.1) is 0 Å². The van der Waals surface area contributed by atoms with Crippen LogP contribution >= 0.6 is 0 Å². The molecule has 1 saturated heterocycles. The SMILES string of the molecule is CCCOCCN1CCCCC1CNC(C)(C)C. The Morgan fingerprint density at radius 3 is 2.67 bits per heavy atom. The van der Waals surface area contributed by atoms with E-state index in [0.717, 1.165) is 32.7 Å². The molecule has 0 saturated carbocycles. The number of likely N-dealkylation sites (tertiary alicyclic amines) is 1. The number of hydrogen-bond donors (Lipinski definition) is 1. The maximum atomic E-state index is 5.62. The summed E-state index contributed by atoms with van der Waals surface area (Å²) in [5.41, 5.74) is 0.224. The van der Waals surface area contributed by atoms with Gasteiger partial charge in [-0.3, -0.25) is 4.90 Å². The van der Waals surface area contributed by atoms with Crippen LogP contribution in [0.15, 0.2) is 0 Å². The van der Waals surface area contributed by atoms with E-state index in [-0.39, 0.29) is 5.54 Å². The fraction of sp³-hybridized carbons (Fsp3) is 1.00. The lowest BCUT2D eigenvalue weighted by Crippen LogP contribution is -2.50. The lowest BCUT2D eigenvalue weighted by Gasteiger charge is -2.37. The summed E-state index contributed by atoms with van der Waals surface area (Å²) in [7, 11) is 0. The molecule has 1 N–H and O–H groups in total. The number of nitrogens with one attached hydrogen (secondary N) is 1. The van der Waals surface area contributed by atoms with Crippen LogP contribution in [0.25, 0.3) is 0 Å². The normalized spacial score (nSPS) is 22.3. The third-order valence-corrected chi connectivity index (χ3v) is 3.49. The fourth-order valence-electron chi connectivity index (χ4n) is 2.44. The highest BCUT2D eigenvalue weighted by molar-refractivity contribution is 4.82. The van der Waals surface area contributed by atoms with Crippen LogP contribution in [0.1, 0.15) is 53.4 Å². The van der Waals surface area contributed by atoms with E-state index in [2.05, 4.69) is 37.9 Å². The zero-order valence-corrected chi connectivity index (χ0v) is 12.8. The van der Waals surface area contributed by atoms with Crippen molar-refractivity contribution in [3.63, 3.8) is 0 Å².